The maximum atomic E-state index is 5.09. The Labute approximate surface area is 79.3 Å². The maximum absolute atomic E-state index is 5.09. The van der Waals surface area contributed by atoms with Crippen LogP contribution in [0.3, 0.4) is 0 Å². The summed E-state index contributed by atoms with van der Waals surface area (Å²) < 4.78 is 5.09. The number of hydrogen-bond acceptors (Lipinski definition) is 2. The van der Waals surface area contributed by atoms with Crippen molar-refractivity contribution in [3.8, 4) is 0 Å². The van der Waals surface area contributed by atoms with E-state index >= 15 is 0 Å². The molecule has 2 nitrogen and oxygen atoms in total. The molecule has 0 unspecified atom stereocenters. The molecule has 2 heteroatoms. The average molecular weight is 179 g/mol. The molecule has 0 amide bonds. The summed E-state index contributed by atoms with van der Waals surface area (Å²) >= 11 is 0. The van der Waals surface area contributed by atoms with Crippen LogP contribution in [-0.2, 0) is 6.42 Å². The molecule has 1 aromatic heterocycles. The van der Waals surface area contributed by atoms with Crippen LogP contribution >= 0.6 is 0 Å². The highest BCUT2D eigenvalue weighted by atomic mass is 16.3. The van der Waals surface area contributed by atoms with Crippen molar-refractivity contribution in [3.05, 3.63) is 24.2 Å². The van der Waals surface area contributed by atoms with Crippen molar-refractivity contribution >= 4 is 0 Å². The lowest BCUT2D eigenvalue weighted by Gasteiger charge is -2.41. The van der Waals surface area contributed by atoms with Crippen molar-refractivity contribution in [1.29, 1.82) is 0 Å². The zero-order valence-corrected chi connectivity index (χ0v) is 8.18. The third-order valence-electron chi connectivity index (χ3n) is 3.13. The lowest BCUT2D eigenvalue weighted by atomic mass is 9.65. The van der Waals surface area contributed by atoms with E-state index < -0.39 is 0 Å². The molecule has 0 aliphatic heterocycles. The first-order valence-electron chi connectivity index (χ1n) is 5.00. The van der Waals surface area contributed by atoms with Crippen molar-refractivity contribution in [3.63, 3.8) is 0 Å². The van der Waals surface area contributed by atoms with Crippen molar-refractivity contribution in [2.24, 2.45) is 5.41 Å². The molecule has 1 fully saturated rings. The molecule has 1 saturated carbocycles. The summed E-state index contributed by atoms with van der Waals surface area (Å²) in [6.07, 6.45) is 8.92. The van der Waals surface area contributed by atoms with E-state index in [1.807, 2.05) is 13.3 Å². The monoisotopic (exact) mass is 179 g/mol. The summed E-state index contributed by atoms with van der Waals surface area (Å²) in [7, 11) is 2.04. The number of nitrogens with one attached hydrogen (secondary N) is 1. The molecule has 0 spiro atoms. The van der Waals surface area contributed by atoms with Crippen LogP contribution in [0.1, 0.15) is 24.8 Å². The molecule has 1 aliphatic carbocycles. The molecule has 1 heterocycles. The second-order valence-corrected chi connectivity index (χ2v) is 4.19. The van der Waals surface area contributed by atoms with Gasteiger partial charge >= 0.3 is 0 Å². The molecule has 1 aliphatic rings. The van der Waals surface area contributed by atoms with Crippen molar-refractivity contribution in [2.45, 2.75) is 25.7 Å². The topological polar surface area (TPSA) is 25.2 Å². The Morgan fingerprint density at radius 2 is 2.38 bits per heavy atom. The largest absolute Gasteiger partial charge is 0.472 e. The molecule has 0 radical (unpaired) electrons. The van der Waals surface area contributed by atoms with Gasteiger partial charge in [0.05, 0.1) is 12.5 Å². The zero-order chi connectivity index (χ0) is 9.15. The van der Waals surface area contributed by atoms with E-state index in [4.69, 9.17) is 4.42 Å². The fourth-order valence-electron chi connectivity index (χ4n) is 2.29. The molecule has 0 bridgehead atoms. The lowest BCUT2D eigenvalue weighted by molar-refractivity contribution is 0.133. The van der Waals surface area contributed by atoms with Crippen LogP contribution in [0.25, 0.3) is 0 Å². The van der Waals surface area contributed by atoms with E-state index in [0.717, 1.165) is 6.54 Å². The van der Waals surface area contributed by atoms with Gasteiger partial charge in [-0.3, -0.25) is 0 Å². The first-order valence-corrected chi connectivity index (χ1v) is 5.00. The van der Waals surface area contributed by atoms with Gasteiger partial charge in [-0.15, -0.1) is 0 Å². The highest BCUT2D eigenvalue weighted by molar-refractivity contribution is 5.10. The van der Waals surface area contributed by atoms with Gasteiger partial charge < -0.3 is 9.73 Å². The minimum atomic E-state index is 0.526. The van der Waals surface area contributed by atoms with Gasteiger partial charge in [0.1, 0.15) is 0 Å². The Bertz CT molecular complexity index is 249. The molecular weight excluding hydrogens is 162 g/mol. The fourth-order valence-corrected chi connectivity index (χ4v) is 2.29. The predicted octanol–water partition coefficient (Wildman–Crippen LogP) is 2.21. The van der Waals surface area contributed by atoms with E-state index in [9.17, 15) is 0 Å². The first kappa shape index (κ1) is 8.82. The van der Waals surface area contributed by atoms with Gasteiger partial charge in [0.2, 0.25) is 0 Å². The quantitative estimate of drug-likeness (QED) is 0.766. The molecule has 0 saturated heterocycles. The number of rotatable bonds is 4. The Morgan fingerprint density at radius 1 is 1.54 bits per heavy atom. The van der Waals surface area contributed by atoms with Gasteiger partial charge in [0.15, 0.2) is 0 Å². The lowest BCUT2D eigenvalue weighted by Crippen LogP contribution is -2.40. The molecule has 1 aromatic rings. The molecular formula is C11H17NO. The second-order valence-electron chi connectivity index (χ2n) is 4.19. The van der Waals surface area contributed by atoms with Crippen LogP contribution < -0.4 is 5.32 Å². The maximum Gasteiger partial charge on any atom is 0.0934 e. The first-order chi connectivity index (χ1) is 6.35. The Balaban J connectivity index is 1.98. The summed E-state index contributed by atoms with van der Waals surface area (Å²) in [4.78, 5) is 0. The summed E-state index contributed by atoms with van der Waals surface area (Å²) in [6, 6.07) is 2.08. The summed E-state index contributed by atoms with van der Waals surface area (Å²) in [5, 5.41) is 3.29. The van der Waals surface area contributed by atoms with Gasteiger partial charge in [-0.25, -0.2) is 0 Å². The third-order valence-corrected chi connectivity index (χ3v) is 3.13. The highest BCUT2D eigenvalue weighted by Crippen LogP contribution is 2.43. The summed E-state index contributed by atoms with van der Waals surface area (Å²) in [6.45, 7) is 1.14. The van der Waals surface area contributed by atoms with Crippen LogP contribution in [0.15, 0.2) is 23.0 Å². The minimum absolute atomic E-state index is 0.526. The third kappa shape index (κ3) is 1.78. The summed E-state index contributed by atoms with van der Waals surface area (Å²) in [5.41, 5.74) is 1.87. The smallest absolute Gasteiger partial charge is 0.0934 e. The van der Waals surface area contributed by atoms with Gasteiger partial charge in [-0.05, 0) is 43.4 Å². The molecule has 0 aromatic carbocycles. The van der Waals surface area contributed by atoms with E-state index in [-0.39, 0.29) is 0 Å². The van der Waals surface area contributed by atoms with Crippen LogP contribution in [0, 0.1) is 5.41 Å². The van der Waals surface area contributed by atoms with E-state index in [0.29, 0.717) is 5.41 Å². The van der Waals surface area contributed by atoms with Crippen molar-refractivity contribution in [2.75, 3.05) is 13.6 Å². The highest BCUT2D eigenvalue weighted by Gasteiger charge is 2.36. The second kappa shape index (κ2) is 3.54. The van der Waals surface area contributed by atoms with Gasteiger partial charge in [-0.1, -0.05) is 6.42 Å². The number of hydrogen-bond donors (Lipinski definition) is 1. The Morgan fingerprint density at radius 3 is 2.85 bits per heavy atom. The average Bonchev–Trinajstić information content (AvgIpc) is 2.53. The van der Waals surface area contributed by atoms with Crippen LogP contribution in [0.2, 0.25) is 0 Å². The van der Waals surface area contributed by atoms with Crippen LogP contribution in [0.5, 0.6) is 0 Å². The van der Waals surface area contributed by atoms with E-state index in [1.54, 1.807) is 6.26 Å². The predicted molar refractivity (Wildman–Crippen MR) is 52.6 cm³/mol. The van der Waals surface area contributed by atoms with Gasteiger partial charge in [0, 0.05) is 6.54 Å². The van der Waals surface area contributed by atoms with Crippen LogP contribution in [-0.4, -0.2) is 13.6 Å². The Kier molecular flexibility index (Phi) is 2.40. The standard InChI is InChI=1S/C11H17NO/c1-12-9-11(4-2-5-11)7-10-3-6-13-8-10/h3,6,8,12H,2,4-5,7,9H2,1H3. The molecule has 2 rings (SSSR count). The Hall–Kier alpha value is -0.760. The zero-order valence-electron chi connectivity index (χ0n) is 8.18. The van der Waals surface area contributed by atoms with Crippen LogP contribution in [0.4, 0.5) is 0 Å². The minimum Gasteiger partial charge on any atom is -0.472 e. The normalized spacial score (nSPS) is 19.8. The molecule has 13 heavy (non-hydrogen) atoms. The van der Waals surface area contributed by atoms with E-state index in [1.165, 1.54) is 31.2 Å². The van der Waals surface area contributed by atoms with Gasteiger partial charge in [-0.2, -0.15) is 0 Å². The van der Waals surface area contributed by atoms with E-state index in [2.05, 4.69) is 11.4 Å². The molecule has 72 valence electrons. The fraction of sp³-hybridized carbons (Fsp3) is 0.636. The molecule has 0 atom stereocenters. The SMILES string of the molecule is CNCC1(Cc2ccoc2)CCC1. The van der Waals surface area contributed by atoms with Crippen molar-refractivity contribution < 1.29 is 4.42 Å². The number of furan rings is 1. The summed E-state index contributed by atoms with van der Waals surface area (Å²) in [5.74, 6) is 0. The van der Waals surface area contributed by atoms with Gasteiger partial charge in [0.25, 0.3) is 0 Å². The van der Waals surface area contributed by atoms with Crippen molar-refractivity contribution in [1.82, 2.24) is 5.32 Å². The molecule has 1 N–H and O–H groups in total.